The van der Waals surface area contributed by atoms with Crippen LogP contribution in [0.3, 0.4) is 0 Å². The van der Waals surface area contributed by atoms with E-state index >= 15 is 0 Å². The molecule has 0 bridgehead atoms. The van der Waals surface area contributed by atoms with Crippen LogP contribution in [0.4, 0.5) is 4.79 Å². The Morgan fingerprint density at radius 2 is 2.30 bits per heavy atom. The summed E-state index contributed by atoms with van der Waals surface area (Å²) in [4.78, 5) is 12.4. The van der Waals surface area contributed by atoms with Crippen molar-refractivity contribution in [2.45, 2.75) is 25.6 Å². The van der Waals surface area contributed by atoms with Gasteiger partial charge in [0.15, 0.2) is 0 Å². The van der Waals surface area contributed by atoms with Crippen molar-refractivity contribution in [1.82, 2.24) is 14.7 Å². The molecule has 0 saturated carbocycles. The van der Waals surface area contributed by atoms with Crippen molar-refractivity contribution in [2.24, 2.45) is 0 Å². The van der Waals surface area contributed by atoms with Gasteiger partial charge in [-0.25, -0.2) is 4.79 Å². The molecule has 1 amide bonds. The highest BCUT2D eigenvalue weighted by Crippen LogP contribution is 2.33. The Kier molecular flexibility index (Phi) is 3.10. The van der Waals surface area contributed by atoms with Crippen molar-refractivity contribution in [1.29, 1.82) is 0 Å². The lowest BCUT2D eigenvalue weighted by Crippen LogP contribution is -2.41. The maximum absolute atomic E-state index is 11.1. The molecule has 1 N–H and O–H groups in total. The van der Waals surface area contributed by atoms with Gasteiger partial charge >= 0.3 is 6.09 Å². The second-order valence-corrected chi connectivity index (χ2v) is 5.05. The average molecular weight is 275 g/mol. The first-order chi connectivity index (χ1) is 9.59. The van der Waals surface area contributed by atoms with Crippen LogP contribution in [0.1, 0.15) is 18.7 Å². The van der Waals surface area contributed by atoms with E-state index in [0.717, 1.165) is 16.6 Å². The molecule has 1 aromatic heterocycles. The molecule has 6 nitrogen and oxygen atoms in total. The van der Waals surface area contributed by atoms with Crippen LogP contribution < -0.4 is 0 Å². The first-order valence-electron chi connectivity index (χ1n) is 6.62. The first-order valence-corrected chi connectivity index (χ1v) is 6.62. The molecule has 1 aliphatic heterocycles. The number of fused-ring (bicyclic) bond motifs is 3. The molecule has 2 aromatic rings. The minimum atomic E-state index is -0.956. The smallest absolute Gasteiger partial charge is 0.407 e. The number of amides is 1. The number of hydrogen-bond donors (Lipinski definition) is 1. The van der Waals surface area contributed by atoms with Gasteiger partial charge in [-0.1, -0.05) is 18.2 Å². The standard InChI is InChI=1S/C14H17N3O3/c1-9(16(2)14(18)19)13-12-10-5-3-4-6-11(10)15-17(12)7-8-20-13/h3-6,9,13H,7-8H2,1-2H3,(H,18,19)/t9-,13-/m1/s1. The molecule has 6 heteroatoms. The van der Waals surface area contributed by atoms with Crippen LogP contribution in [0.15, 0.2) is 24.3 Å². The van der Waals surface area contributed by atoms with Gasteiger partial charge in [0.05, 0.1) is 30.4 Å². The van der Waals surface area contributed by atoms with Crippen LogP contribution in [0, 0.1) is 0 Å². The number of hydrogen-bond acceptors (Lipinski definition) is 3. The summed E-state index contributed by atoms with van der Waals surface area (Å²) in [6.45, 7) is 3.10. The Morgan fingerprint density at radius 1 is 1.55 bits per heavy atom. The molecule has 0 spiro atoms. The van der Waals surface area contributed by atoms with Gasteiger partial charge in [0, 0.05) is 12.4 Å². The molecule has 2 heterocycles. The molecule has 2 atom stereocenters. The van der Waals surface area contributed by atoms with E-state index in [-0.39, 0.29) is 12.1 Å². The predicted molar refractivity (Wildman–Crippen MR) is 73.7 cm³/mol. The van der Waals surface area contributed by atoms with Crippen molar-refractivity contribution >= 4 is 17.0 Å². The quantitative estimate of drug-likeness (QED) is 0.911. The van der Waals surface area contributed by atoms with E-state index < -0.39 is 6.09 Å². The molecule has 0 aliphatic carbocycles. The van der Waals surface area contributed by atoms with Gasteiger partial charge in [-0.05, 0) is 13.0 Å². The third-order valence-electron chi connectivity index (χ3n) is 3.91. The highest BCUT2D eigenvalue weighted by atomic mass is 16.5. The second-order valence-electron chi connectivity index (χ2n) is 5.05. The number of ether oxygens (including phenoxy) is 1. The second kappa shape index (κ2) is 4.79. The van der Waals surface area contributed by atoms with Crippen LogP contribution >= 0.6 is 0 Å². The average Bonchev–Trinajstić information content (AvgIpc) is 2.84. The molecule has 0 radical (unpaired) electrons. The zero-order chi connectivity index (χ0) is 14.3. The van der Waals surface area contributed by atoms with E-state index in [1.807, 2.05) is 35.9 Å². The number of carbonyl (C=O) groups is 1. The minimum absolute atomic E-state index is 0.272. The van der Waals surface area contributed by atoms with Crippen molar-refractivity contribution in [3.05, 3.63) is 30.0 Å². The summed E-state index contributed by atoms with van der Waals surface area (Å²) in [6, 6.07) is 7.60. The normalized spacial score (nSPS) is 19.6. The number of rotatable bonds is 2. The molecule has 3 rings (SSSR count). The van der Waals surface area contributed by atoms with E-state index in [2.05, 4.69) is 5.10 Å². The molecular formula is C14H17N3O3. The van der Waals surface area contributed by atoms with Gasteiger partial charge in [0.1, 0.15) is 6.10 Å². The van der Waals surface area contributed by atoms with E-state index in [1.165, 1.54) is 4.90 Å². The third kappa shape index (κ3) is 1.92. The van der Waals surface area contributed by atoms with Crippen LogP contribution in [0.25, 0.3) is 10.9 Å². The summed E-state index contributed by atoms with van der Waals surface area (Å²) in [5.74, 6) is 0. The number of benzene rings is 1. The van der Waals surface area contributed by atoms with Crippen molar-refractivity contribution in [3.8, 4) is 0 Å². The molecule has 1 aliphatic rings. The van der Waals surface area contributed by atoms with E-state index in [0.29, 0.717) is 13.2 Å². The molecular weight excluding hydrogens is 258 g/mol. The van der Waals surface area contributed by atoms with Gasteiger partial charge in [-0.15, -0.1) is 0 Å². The summed E-state index contributed by atoms with van der Waals surface area (Å²) in [7, 11) is 1.56. The van der Waals surface area contributed by atoms with Crippen LogP contribution in [-0.4, -0.2) is 45.6 Å². The molecule has 0 saturated heterocycles. The van der Waals surface area contributed by atoms with E-state index in [9.17, 15) is 4.79 Å². The summed E-state index contributed by atoms with van der Waals surface area (Å²) >= 11 is 0. The number of nitrogens with zero attached hydrogens (tertiary/aromatic N) is 3. The zero-order valence-corrected chi connectivity index (χ0v) is 11.5. The maximum Gasteiger partial charge on any atom is 0.407 e. The van der Waals surface area contributed by atoms with Gasteiger partial charge in [-0.3, -0.25) is 4.68 Å². The molecule has 106 valence electrons. The third-order valence-corrected chi connectivity index (χ3v) is 3.91. The maximum atomic E-state index is 11.1. The number of likely N-dealkylation sites (N-methyl/N-ethyl adjacent to an activating group) is 1. The fourth-order valence-corrected chi connectivity index (χ4v) is 2.66. The predicted octanol–water partition coefficient (Wildman–Crippen LogP) is 2.11. The fraction of sp³-hybridized carbons (Fsp3) is 0.429. The lowest BCUT2D eigenvalue weighted by molar-refractivity contribution is -0.0259. The zero-order valence-electron chi connectivity index (χ0n) is 11.5. The Morgan fingerprint density at radius 3 is 3.05 bits per heavy atom. The highest BCUT2D eigenvalue weighted by molar-refractivity contribution is 5.82. The van der Waals surface area contributed by atoms with Gasteiger partial charge in [-0.2, -0.15) is 5.10 Å². The monoisotopic (exact) mass is 275 g/mol. The Bertz CT molecular complexity index is 652. The fourth-order valence-electron chi connectivity index (χ4n) is 2.66. The largest absolute Gasteiger partial charge is 0.465 e. The summed E-state index contributed by atoms with van der Waals surface area (Å²) in [5.41, 5.74) is 1.88. The lowest BCUT2D eigenvalue weighted by atomic mass is 10.0. The van der Waals surface area contributed by atoms with E-state index in [1.54, 1.807) is 7.05 Å². The van der Waals surface area contributed by atoms with Crippen molar-refractivity contribution < 1.29 is 14.6 Å². The Hall–Kier alpha value is -2.08. The van der Waals surface area contributed by atoms with Crippen LogP contribution in [-0.2, 0) is 11.3 Å². The van der Waals surface area contributed by atoms with E-state index in [4.69, 9.17) is 9.84 Å². The highest BCUT2D eigenvalue weighted by Gasteiger charge is 2.33. The summed E-state index contributed by atoms with van der Waals surface area (Å²) < 4.78 is 7.77. The van der Waals surface area contributed by atoms with Gasteiger partial charge in [0.25, 0.3) is 0 Å². The lowest BCUT2D eigenvalue weighted by Gasteiger charge is -2.33. The van der Waals surface area contributed by atoms with Gasteiger partial charge in [0.2, 0.25) is 0 Å². The summed E-state index contributed by atoms with van der Waals surface area (Å²) in [5, 5.41) is 14.7. The van der Waals surface area contributed by atoms with Gasteiger partial charge < -0.3 is 14.7 Å². The van der Waals surface area contributed by atoms with Crippen LogP contribution in [0.2, 0.25) is 0 Å². The van der Waals surface area contributed by atoms with Crippen molar-refractivity contribution in [2.75, 3.05) is 13.7 Å². The number of aromatic nitrogens is 2. The van der Waals surface area contributed by atoms with Crippen molar-refractivity contribution in [3.63, 3.8) is 0 Å². The Labute approximate surface area is 116 Å². The topological polar surface area (TPSA) is 67.6 Å². The molecule has 20 heavy (non-hydrogen) atoms. The molecule has 0 unspecified atom stereocenters. The SMILES string of the molecule is C[C@H]([C@H]1OCCn2nc3ccccc3c21)N(C)C(=O)O. The number of carboxylic acid groups (broad SMARTS) is 1. The minimum Gasteiger partial charge on any atom is -0.465 e. The molecule has 1 aromatic carbocycles. The van der Waals surface area contributed by atoms with Crippen LogP contribution in [0.5, 0.6) is 0 Å². The summed E-state index contributed by atoms with van der Waals surface area (Å²) in [6.07, 6.45) is -1.25. The first kappa shape index (κ1) is 12.9. The molecule has 0 fully saturated rings. The Balaban J connectivity index is 2.07.